The molecule has 2 bridgehead atoms. The Balaban J connectivity index is 1.69. The van der Waals surface area contributed by atoms with Crippen LogP contribution in [0.3, 0.4) is 0 Å². The van der Waals surface area contributed by atoms with Crippen LogP contribution in [0.25, 0.3) is 0 Å². The SMILES string of the molecule is C/C(NNS(=O)(=O)c1ccc(Cl)cc1)=C1\C[C@H]2CC[C@H]1C2. The van der Waals surface area contributed by atoms with E-state index in [1.54, 1.807) is 12.1 Å². The highest BCUT2D eigenvalue weighted by Gasteiger charge is 2.36. The van der Waals surface area contributed by atoms with E-state index in [0.29, 0.717) is 10.9 Å². The third kappa shape index (κ3) is 3.10. The van der Waals surface area contributed by atoms with Crippen LogP contribution < -0.4 is 10.3 Å². The van der Waals surface area contributed by atoms with Gasteiger partial charge in [-0.1, -0.05) is 11.6 Å². The van der Waals surface area contributed by atoms with Crippen molar-refractivity contribution in [1.29, 1.82) is 0 Å². The standard InChI is InChI=1S/C15H19ClN2O2S/c1-10(15-9-11-2-3-12(15)8-11)17-18-21(19,20)14-6-4-13(16)5-7-14/h4-7,11-12,17-18H,2-3,8-9H2,1H3/b15-10-/t11-,12-/m0/s1. The quantitative estimate of drug-likeness (QED) is 0.835. The molecular formula is C15H19ClN2O2S. The first-order valence-electron chi connectivity index (χ1n) is 7.19. The average molecular weight is 327 g/mol. The van der Waals surface area contributed by atoms with E-state index in [2.05, 4.69) is 10.3 Å². The second kappa shape index (κ2) is 5.63. The molecule has 0 aromatic heterocycles. The molecule has 2 fully saturated rings. The maximum absolute atomic E-state index is 12.2. The fourth-order valence-corrected chi connectivity index (χ4v) is 4.44. The summed E-state index contributed by atoms with van der Waals surface area (Å²) >= 11 is 5.77. The molecule has 0 heterocycles. The maximum Gasteiger partial charge on any atom is 0.257 e. The van der Waals surface area contributed by atoms with Crippen molar-refractivity contribution in [3.05, 3.63) is 40.6 Å². The fourth-order valence-electron chi connectivity index (χ4n) is 3.41. The highest BCUT2D eigenvalue weighted by Crippen LogP contribution is 2.48. The van der Waals surface area contributed by atoms with Gasteiger partial charge in [-0.3, -0.25) is 0 Å². The second-order valence-electron chi connectivity index (χ2n) is 5.91. The number of nitrogens with one attached hydrogen (secondary N) is 2. The molecule has 1 aromatic carbocycles. The summed E-state index contributed by atoms with van der Waals surface area (Å²) in [6.07, 6.45) is 4.92. The van der Waals surface area contributed by atoms with Gasteiger partial charge in [0.1, 0.15) is 0 Å². The number of allylic oxidation sites excluding steroid dienone is 2. The highest BCUT2D eigenvalue weighted by molar-refractivity contribution is 7.89. The zero-order valence-corrected chi connectivity index (χ0v) is 13.5. The van der Waals surface area contributed by atoms with Gasteiger partial charge in [0, 0.05) is 10.7 Å². The van der Waals surface area contributed by atoms with Gasteiger partial charge >= 0.3 is 0 Å². The molecule has 2 N–H and O–H groups in total. The van der Waals surface area contributed by atoms with Gasteiger partial charge in [-0.15, -0.1) is 4.83 Å². The first-order chi connectivity index (χ1) is 9.95. The van der Waals surface area contributed by atoms with E-state index in [-0.39, 0.29) is 4.90 Å². The van der Waals surface area contributed by atoms with Gasteiger partial charge in [0.2, 0.25) is 0 Å². The largest absolute Gasteiger partial charge is 0.312 e. The maximum atomic E-state index is 12.2. The Morgan fingerprint density at radius 2 is 1.95 bits per heavy atom. The van der Waals surface area contributed by atoms with Crippen molar-refractivity contribution < 1.29 is 8.42 Å². The lowest BCUT2D eigenvalue weighted by atomic mass is 9.93. The first-order valence-corrected chi connectivity index (χ1v) is 9.05. The summed E-state index contributed by atoms with van der Waals surface area (Å²) in [5.74, 6) is 1.44. The van der Waals surface area contributed by atoms with Crippen LogP contribution in [0.1, 0.15) is 32.6 Å². The van der Waals surface area contributed by atoms with Crippen LogP contribution >= 0.6 is 11.6 Å². The number of benzene rings is 1. The van der Waals surface area contributed by atoms with Crippen LogP contribution in [0.4, 0.5) is 0 Å². The number of hydrazine groups is 1. The minimum atomic E-state index is -3.57. The summed E-state index contributed by atoms with van der Waals surface area (Å²) in [7, 11) is -3.57. The highest BCUT2D eigenvalue weighted by atomic mass is 35.5. The monoisotopic (exact) mass is 326 g/mol. The Morgan fingerprint density at radius 3 is 2.52 bits per heavy atom. The Kier molecular flexibility index (Phi) is 3.99. The third-order valence-corrected chi connectivity index (χ3v) is 6.04. The van der Waals surface area contributed by atoms with Crippen LogP contribution in [0.15, 0.2) is 40.4 Å². The van der Waals surface area contributed by atoms with E-state index < -0.39 is 10.0 Å². The van der Waals surface area contributed by atoms with Gasteiger partial charge in [0.15, 0.2) is 0 Å². The number of hydrogen-bond donors (Lipinski definition) is 2. The molecule has 1 aromatic rings. The van der Waals surface area contributed by atoms with Gasteiger partial charge in [0.25, 0.3) is 10.0 Å². The van der Waals surface area contributed by atoms with Gasteiger partial charge in [0.05, 0.1) is 4.90 Å². The topological polar surface area (TPSA) is 58.2 Å². The molecule has 2 saturated carbocycles. The first kappa shape index (κ1) is 14.9. The molecule has 2 aliphatic carbocycles. The van der Waals surface area contributed by atoms with Crippen molar-refractivity contribution in [3.63, 3.8) is 0 Å². The normalized spacial score (nSPS) is 27.0. The molecule has 2 aliphatic rings. The summed E-state index contributed by atoms with van der Waals surface area (Å²) < 4.78 is 24.4. The Bertz CT molecular complexity index is 667. The van der Waals surface area contributed by atoms with E-state index in [1.807, 2.05) is 6.92 Å². The van der Waals surface area contributed by atoms with Crippen LogP contribution in [0.5, 0.6) is 0 Å². The molecule has 0 saturated heterocycles. The van der Waals surface area contributed by atoms with Crippen molar-refractivity contribution in [2.45, 2.75) is 37.5 Å². The molecule has 4 nitrogen and oxygen atoms in total. The predicted octanol–water partition coefficient (Wildman–Crippen LogP) is 3.22. The smallest absolute Gasteiger partial charge is 0.257 e. The van der Waals surface area contributed by atoms with Crippen molar-refractivity contribution in [1.82, 2.24) is 10.3 Å². The van der Waals surface area contributed by atoms with E-state index in [0.717, 1.165) is 18.0 Å². The summed E-state index contributed by atoms with van der Waals surface area (Å²) in [5.41, 5.74) is 5.20. The summed E-state index contributed by atoms with van der Waals surface area (Å²) in [6.45, 7) is 1.94. The molecule has 114 valence electrons. The predicted molar refractivity (Wildman–Crippen MR) is 83.1 cm³/mol. The minimum absolute atomic E-state index is 0.199. The Labute approximate surface area is 130 Å². The molecular weight excluding hydrogens is 308 g/mol. The second-order valence-corrected chi connectivity index (χ2v) is 8.03. The van der Waals surface area contributed by atoms with Gasteiger partial charge in [-0.2, -0.15) is 0 Å². The van der Waals surface area contributed by atoms with Gasteiger partial charge < -0.3 is 5.43 Å². The lowest BCUT2D eigenvalue weighted by Crippen LogP contribution is -2.36. The van der Waals surface area contributed by atoms with Crippen molar-refractivity contribution >= 4 is 21.6 Å². The molecule has 21 heavy (non-hydrogen) atoms. The number of fused-ring (bicyclic) bond motifs is 2. The minimum Gasteiger partial charge on any atom is -0.312 e. The van der Waals surface area contributed by atoms with E-state index in [9.17, 15) is 8.42 Å². The third-order valence-electron chi connectivity index (χ3n) is 4.52. The molecule has 3 rings (SSSR count). The molecule has 0 unspecified atom stereocenters. The van der Waals surface area contributed by atoms with Crippen LogP contribution in [0, 0.1) is 11.8 Å². The molecule has 0 aliphatic heterocycles. The average Bonchev–Trinajstić information content (AvgIpc) is 3.08. The van der Waals surface area contributed by atoms with Crippen LogP contribution in [-0.4, -0.2) is 8.42 Å². The number of rotatable bonds is 4. The molecule has 0 radical (unpaired) electrons. The van der Waals surface area contributed by atoms with Gasteiger partial charge in [-0.05, 0) is 74.3 Å². The van der Waals surface area contributed by atoms with E-state index >= 15 is 0 Å². The zero-order chi connectivity index (χ0) is 15.0. The lowest BCUT2D eigenvalue weighted by Gasteiger charge is -2.18. The van der Waals surface area contributed by atoms with Crippen LogP contribution in [0.2, 0.25) is 5.02 Å². The van der Waals surface area contributed by atoms with E-state index in [4.69, 9.17) is 11.6 Å². The van der Waals surface area contributed by atoms with Gasteiger partial charge in [-0.25, -0.2) is 8.42 Å². The molecule has 0 spiro atoms. The molecule has 2 atom stereocenters. The van der Waals surface area contributed by atoms with Crippen molar-refractivity contribution in [2.75, 3.05) is 0 Å². The van der Waals surface area contributed by atoms with Crippen molar-refractivity contribution in [3.8, 4) is 0 Å². The Hall–Kier alpha value is -1.04. The number of sulfonamides is 1. The number of halogens is 1. The summed E-state index contributed by atoms with van der Waals surface area (Å²) in [6, 6.07) is 6.12. The number of hydrogen-bond acceptors (Lipinski definition) is 3. The van der Waals surface area contributed by atoms with Crippen LogP contribution in [-0.2, 0) is 10.0 Å². The fraction of sp³-hybridized carbons (Fsp3) is 0.467. The summed E-state index contributed by atoms with van der Waals surface area (Å²) in [5, 5.41) is 0.516. The van der Waals surface area contributed by atoms with E-state index in [1.165, 1.54) is 37.0 Å². The molecule has 6 heteroatoms. The zero-order valence-electron chi connectivity index (χ0n) is 11.9. The Morgan fingerprint density at radius 1 is 1.24 bits per heavy atom. The summed E-state index contributed by atoms with van der Waals surface area (Å²) in [4.78, 5) is 2.65. The molecule has 0 amide bonds. The van der Waals surface area contributed by atoms with Crippen molar-refractivity contribution in [2.24, 2.45) is 11.8 Å². The lowest BCUT2D eigenvalue weighted by molar-refractivity contribution is 0.544.